The van der Waals surface area contributed by atoms with Crippen LogP contribution in [0.15, 0.2) is 54.7 Å². The lowest BCUT2D eigenvalue weighted by Gasteiger charge is -2.19. The van der Waals surface area contributed by atoms with Gasteiger partial charge in [-0.05, 0) is 55.5 Å². The molecule has 0 spiro atoms. The van der Waals surface area contributed by atoms with Crippen LogP contribution in [0, 0.1) is 18.8 Å². The Hall–Kier alpha value is -3.89. The zero-order valence-electron chi connectivity index (χ0n) is 20.1. The number of alkyl halides is 1. The van der Waals surface area contributed by atoms with E-state index in [0.29, 0.717) is 24.4 Å². The predicted molar refractivity (Wildman–Crippen MR) is 135 cm³/mol. The van der Waals surface area contributed by atoms with Crippen LogP contribution in [0.4, 0.5) is 4.39 Å². The molecule has 4 aromatic rings. The molecule has 5 heterocycles. The molecule has 6 nitrogen and oxygen atoms in total. The summed E-state index contributed by atoms with van der Waals surface area (Å²) in [6.45, 7) is 2.94. The van der Waals surface area contributed by atoms with Crippen molar-refractivity contribution in [1.82, 2.24) is 19.9 Å². The fraction of sp³-hybridized carbons (Fsp3) is 0.310. The molecule has 2 aliphatic heterocycles. The highest BCUT2D eigenvalue weighted by Crippen LogP contribution is 2.32. The molecular weight excluding hydrogens is 455 g/mol. The van der Waals surface area contributed by atoms with Gasteiger partial charge >= 0.3 is 0 Å². The standard InChI is InChI=1S/C29H27FN4O2/c1-18-13-19(8-9-22-6-4-12-36-22)14-26(31-18)29(35)33-28(23-10-11-34-17-21(30)16-27(23)34)25-15-20-5-2-3-7-24(20)32-25/h2-3,5,7,10-11,13-15,21-22,28,32H,4,6,12,16-17H2,1H3,(H,33,35)/t21-,22+,28?/m1/s1. The molecular formula is C29H27FN4O2. The molecule has 6 rings (SSSR count). The Balaban J connectivity index is 1.34. The van der Waals surface area contributed by atoms with Gasteiger partial charge in [0.2, 0.25) is 0 Å². The number of rotatable bonds is 4. The smallest absolute Gasteiger partial charge is 0.270 e. The summed E-state index contributed by atoms with van der Waals surface area (Å²) in [7, 11) is 0. The lowest BCUT2D eigenvalue weighted by atomic mass is 10.0. The molecule has 0 bridgehead atoms. The van der Waals surface area contributed by atoms with Gasteiger partial charge in [0, 0.05) is 52.9 Å². The summed E-state index contributed by atoms with van der Waals surface area (Å²) in [5.74, 6) is 5.99. The number of hydrogen-bond acceptors (Lipinski definition) is 3. The zero-order valence-corrected chi connectivity index (χ0v) is 20.1. The summed E-state index contributed by atoms with van der Waals surface area (Å²) in [5, 5.41) is 4.22. The largest absolute Gasteiger partial charge is 0.366 e. The van der Waals surface area contributed by atoms with Crippen LogP contribution in [0.25, 0.3) is 10.9 Å². The number of hydrogen-bond donors (Lipinski definition) is 2. The molecule has 7 heteroatoms. The number of ether oxygens (including phenoxy) is 1. The third-order valence-electron chi connectivity index (χ3n) is 6.87. The first kappa shape index (κ1) is 22.6. The second kappa shape index (κ2) is 9.29. The topological polar surface area (TPSA) is 71.9 Å². The number of halogens is 1. The van der Waals surface area contributed by atoms with E-state index < -0.39 is 12.2 Å². The fourth-order valence-electron chi connectivity index (χ4n) is 5.17. The third kappa shape index (κ3) is 4.40. The number of aromatic amines is 1. The molecule has 2 aliphatic rings. The number of pyridine rings is 1. The lowest BCUT2D eigenvalue weighted by Crippen LogP contribution is -2.31. The number of carbonyl (C=O) groups excluding carboxylic acids is 1. The molecule has 3 atom stereocenters. The van der Waals surface area contributed by atoms with Gasteiger partial charge in [0.15, 0.2) is 0 Å². The number of fused-ring (bicyclic) bond motifs is 2. The number of nitrogens with zero attached hydrogens (tertiary/aromatic N) is 2. The van der Waals surface area contributed by atoms with Crippen molar-refractivity contribution < 1.29 is 13.9 Å². The van der Waals surface area contributed by atoms with Crippen molar-refractivity contribution in [1.29, 1.82) is 0 Å². The maximum absolute atomic E-state index is 14.2. The molecule has 0 radical (unpaired) electrons. The van der Waals surface area contributed by atoms with Gasteiger partial charge in [-0.2, -0.15) is 0 Å². The first-order chi connectivity index (χ1) is 17.5. The first-order valence-electron chi connectivity index (χ1n) is 12.4. The van der Waals surface area contributed by atoms with Gasteiger partial charge in [0.05, 0.1) is 12.6 Å². The summed E-state index contributed by atoms with van der Waals surface area (Å²) in [4.78, 5) is 21.5. The fourth-order valence-corrected chi connectivity index (χ4v) is 5.17. The molecule has 1 aromatic carbocycles. The number of amides is 1. The second-order valence-electron chi connectivity index (χ2n) is 9.54. The highest BCUT2D eigenvalue weighted by Gasteiger charge is 2.30. The Morgan fingerprint density at radius 1 is 1.28 bits per heavy atom. The minimum Gasteiger partial charge on any atom is -0.366 e. The van der Waals surface area contributed by atoms with Crippen molar-refractivity contribution >= 4 is 16.8 Å². The van der Waals surface area contributed by atoms with E-state index in [4.69, 9.17) is 4.74 Å². The molecule has 1 fully saturated rings. The van der Waals surface area contributed by atoms with Crippen LogP contribution in [0.1, 0.15) is 57.6 Å². The van der Waals surface area contributed by atoms with Crippen molar-refractivity contribution in [3.05, 3.63) is 88.6 Å². The zero-order chi connectivity index (χ0) is 24.6. The van der Waals surface area contributed by atoms with E-state index in [1.165, 1.54) is 0 Å². The number of para-hydroxylation sites is 1. The second-order valence-corrected chi connectivity index (χ2v) is 9.54. The van der Waals surface area contributed by atoms with Crippen LogP contribution < -0.4 is 5.32 Å². The summed E-state index contributed by atoms with van der Waals surface area (Å²) in [6, 6.07) is 15.1. The van der Waals surface area contributed by atoms with Gasteiger partial charge in [0.25, 0.3) is 5.91 Å². The maximum Gasteiger partial charge on any atom is 0.270 e. The quantitative estimate of drug-likeness (QED) is 0.417. The molecule has 2 N–H and O–H groups in total. The Bertz CT molecular complexity index is 1470. The van der Waals surface area contributed by atoms with Crippen molar-refractivity contribution in [3.63, 3.8) is 0 Å². The average Bonchev–Trinajstić information content (AvgIpc) is 3.65. The van der Waals surface area contributed by atoms with Gasteiger partial charge in [-0.3, -0.25) is 4.79 Å². The van der Waals surface area contributed by atoms with E-state index in [1.54, 1.807) is 6.07 Å². The summed E-state index contributed by atoms with van der Waals surface area (Å²) < 4.78 is 21.7. The maximum atomic E-state index is 14.2. The number of nitrogens with one attached hydrogen (secondary N) is 2. The normalized spacial score (nSPS) is 19.6. The number of benzene rings is 1. The highest BCUT2D eigenvalue weighted by atomic mass is 19.1. The Morgan fingerprint density at radius 3 is 3.00 bits per heavy atom. The van der Waals surface area contributed by atoms with Gasteiger partial charge < -0.3 is 19.6 Å². The Morgan fingerprint density at radius 2 is 2.17 bits per heavy atom. The van der Waals surface area contributed by atoms with Crippen molar-refractivity contribution in [2.45, 2.75) is 51.0 Å². The highest BCUT2D eigenvalue weighted by molar-refractivity contribution is 5.93. The first-order valence-corrected chi connectivity index (χ1v) is 12.4. The summed E-state index contributed by atoms with van der Waals surface area (Å²) >= 11 is 0. The summed E-state index contributed by atoms with van der Waals surface area (Å²) in [5.41, 5.74) is 5.36. The van der Waals surface area contributed by atoms with E-state index in [1.807, 2.05) is 60.2 Å². The van der Waals surface area contributed by atoms with Gasteiger partial charge in [-0.1, -0.05) is 30.0 Å². The van der Waals surface area contributed by atoms with E-state index in [9.17, 15) is 9.18 Å². The van der Waals surface area contributed by atoms with Crippen LogP contribution in [-0.4, -0.2) is 39.3 Å². The number of aromatic nitrogens is 3. The van der Waals surface area contributed by atoms with E-state index in [-0.39, 0.29) is 12.0 Å². The molecule has 0 saturated carbocycles. The third-order valence-corrected chi connectivity index (χ3v) is 6.87. The molecule has 1 saturated heterocycles. The van der Waals surface area contributed by atoms with Crippen molar-refractivity contribution in [2.75, 3.05) is 6.61 Å². The van der Waals surface area contributed by atoms with Crippen LogP contribution in [0.5, 0.6) is 0 Å². The minimum atomic E-state index is -0.914. The van der Waals surface area contributed by atoms with Gasteiger partial charge in [0.1, 0.15) is 18.0 Å². The minimum absolute atomic E-state index is 0.0570. The molecule has 1 unspecified atom stereocenters. The lowest BCUT2D eigenvalue weighted by molar-refractivity contribution is 0.0937. The summed E-state index contributed by atoms with van der Waals surface area (Å²) in [6.07, 6.45) is 3.21. The van der Waals surface area contributed by atoms with Crippen molar-refractivity contribution in [3.8, 4) is 11.8 Å². The SMILES string of the molecule is Cc1cc(C#C[C@@H]2CCCO2)cc(C(=O)NC(c2cc3ccccc3[nH]2)c2ccn3c2C[C@@H](F)C3)n1. The molecule has 3 aromatic heterocycles. The molecule has 36 heavy (non-hydrogen) atoms. The Labute approximate surface area is 208 Å². The van der Waals surface area contributed by atoms with Crippen molar-refractivity contribution in [2.24, 2.45) is 0 Å². The van der Waals surface area contributed by atoms with Crippen LogP contribution in [-0.2, 0) is 17.7 Å². The van der Waals surface area contributed by atoms with E-state index in [0.717, 1.165) is 52.9 Å². The van der Waals surface area contributed by atoms with Gasteiger partial charge in [-0.25, -0.2) is 9.37 Å². The average molecular weight is 483 g/mol. The molecule has 0 aliphatic carbocycles. The van der Waals surface area contributed by atoms with Crippen LogP contribution in [0.2, 0.25) is 0 Å². The van der Waals surface area contributed by atoms with Gasteiger partial charge in [-0.15, -0.1) is 0 Å². The molecule has 1 amide bonds. The van der Waals surface area contributed by atoms with E-state index in [2.05, 4.69) is 27.1 Å². The van der Waals surface area contributed by atoms with Crippen LogP contribution in [0.3, 0.4) is 0 Å². The number of carbonyl (C=O) groups is 1. The predicted octanol–water partition coefficient (Wildman–Crippen LogP) is 4.62. The number of aryl methyl sites for hydroxylation is 1. The van der Waals surface area contributed by atoms with Crippen LogP contribution >= 0.6 is 0 Å². The molecule has 182 valence electrons. The number of H-pyrrole nitrogens is 1. The van der Waals surface area contributed by atoms with E-state index >= 15 is 0 Å². The monoisotopic (exact) mass is 482 g/mol. The Kier molecular flexibility index (Phi) is 5.82.